The fourth-order valence-electron chi connectivity index (χ4n) is 1.89. The molecule has 0 radical (unpaired) electrons. The lowest BCUT2D eigenvalue weighted by atomic mass is 9.87. The molecule has 0 fully saturated rings. The third-order valence-electron chi connectivity index (χ3n) is 2.93. The summed E-state index contributed by atoms with van der Waals surface area (Å²) in [6.07, 6.45) is 1.02. The highest BCUT2D eigenvalue weighted by Crippen LogP contribution is 2.17. The summed E-state index contributed by atoms with van der Waals surface area (Å²) in [6, 6.07) is 0.233. The van der Waals surface area contributed by atoms with Crippen LogP contribution in [0.2, 0.25) is 0 Å². The average Bonchev–Trinajstić information content (AvgIpc) is 2.26. The molecule has 0 aliphatic heterocycles. The summed E-state index contributed by atoms with van der Waals surface area (Å²) < 4.78 is 15.7. The first-order valence-electron chi connectivity index (χ1n) is 6.49. The van der Waals surface area contributed by atoms with Crippen molar-refractivity contribution in [3.8, 4) is 0 Å². The van der Waals surface area contributed by atoms with E-state index >= 15 is 0 Å². The predicted molar refractivity (Wildman–Crippen MR) is 70.1 cm³/mol. The molecule has 2 N–H and O–H groups in total. The zero-order chi connectivity index (χ0) is 13.1. The van der Waals surface area contributed by atoms with Crippen molar-refractivity contribution in [2.75, 3.05) is 40.1 Å². The molecule has 0 aromatic carbocycles. The minimum atomic E-state index is 0.233. The van der Waals surface area contributed by atoms with Gasteiger partial charge >= 0.3 is 0 Å². The Labute approximate surface area is 106 Å². The Balaban J connectivity index is 3.37. The number of rotatable bonds is 11. The van der Waals surface area contributed by atoms with Gasteiger partial charge in [-0.1, -0.05) is 13.8 Å². The number of hydrogen-bond acceptors (Lipinski definition) is 4. The predicted octanol–water partition coefficient (Wildman–Crippen LogP) is 1.68. The third kappa shape index (κ3) is 9.53. The van der Waals surface area contributed by atoms with Gasteiger partial charge in [-0.15, -0.1) is 0 Å². The molecule has 0 aromatic heterocycles. The number of ether oxygens (including phenoxy) is 3. The van der Waals surface area contributed by atoms with Crippen molar-refractivity contribution in [3.63, 3.8) is 0 Å². The van der Waals surface area contributed by atoms with Crippen molar-refractivity contribution >= 4 is 0 Å². The minimum absolute atomic E-state index is 0.233. The van der Waals surface area contributed by atoms with E-state index in [0.29, 0.717) is 38.3 Å². The quantitative estimate of drug-likeness (QED) is 0.564. The molecule has 4 heteroatoms. The number of nitrogens with two attached hydrogens (primary N) is 1. The van der Waals surface area contributed by atoms with E-state index < -0.39 is 0 Å². The van der Waals surface area contributed by atoms with E-state index in [4.69, 9.17) is 19.9 Å². The summed E-state index contributed by atoms with van der Waals surface area (Å²) in [5.41, 5.74) is 5.94. The fraction of sp³-hybridized carbons (Fsp3) is 1.00. The molecule has 0 aromatic rings. The Morgan fingerprint density at radius 1 is 0.882 bits per heavy atom. The minimum Gasteiger partial charge on any atom is -0.382 e. The molecule has 0 aliphatic rings. The van der Waals surface area contributed by atoms with E-state index in [1.165, 1.54) is 0 Å². The van der Waals surface area contributed by atoms with E-state index in [1.807, 2.05) is 0 Å². The Hall–Kier alpha value is -0.160. The molecule has 0 spiro atoms. The van der Waals surface area contributed by atoms with Gasteiger partial charge in [0.25, 0.3) is 0 Å². The molecule has 2 unspecified atom stereocenters. The van der Waals surface area contributed by atoms with Crippen molar-refractivity contribution < 1.29 is 14.2 Å². The molecule has 4 nitrogen and oxygen atoms in total. The second-order valence-corrected chi connectivity index (χ2v) is 4.77. The Morgan fingerprint density at radius 3 is 1.88 bits per heavy atom. The number of hydrogen-bond donors (Lipinski definition) is 1. The lowest BCUT2D eigenvalue weighted by Gasteiger charge is -2.24. The van der Waals surface area contributed by atoms with Crippen molar-refractivity contribution in [2.45, 2.75) is 33.2 Å². The average molecular weight is 247 g/mol. The van der Waals surface area contributed by atoms with Gasteiger partial charge in [-0.3, -0.25) is 0 Å². The van der Waals surface area contributed by atoms with Gasteiger partial charge in [-0.2, -0.15) is 0 Å². The van der Waals surface area contributed by atoms with Crippen LogP contribution in [0.1, 0.15) is 27.2 Å². The topological polar surface area (TPSA) is 53.7 Å². The van der Waals surface area contributed by atoms with Gasteiger partial charge in [0.15, 0.2) is 0 Å². The Bertz CT molecular complexity index is 155. The monoisotopic (exact) mass is 247 g/mol. The molecule has 0 saturated heterocycles. The maximum absolute atomic E-state index is 5.94. The van der Waals surface area contributed by atoms with Gasteiger partial charge in [0.1, 0.15) is 0 Å². The van der Waals surface area contributed by atoms with E-state index in [-0.39, 0.29) is 6.04 Å². The molecule has 17 heavy (non-hydrogen) atoms. The first-order chi connectivity index (χ1) is 8.09. The van der Waals surface area contributed by atoms with Crippen LogP contribution < -0.4 is 5.73 Å². The first kappa shape index (κ1) is 16.8. The van der Waals surface area contributed by atoms with E-state index in [2.05, 4.69) is 20.8 Å². The highest BCUT2D eigenvalue weighted by Gasteiger charge is 2.17. The van der Waals surface area contributed by atoms with E-state index in [1.54, 1.807) is 7.11 Å². The Kier molecular flexibility index (Phi) is 10.9. The summed E-state index contributed by atoms with van der Waals surface area (Å²) in [5, 5.41) is 0. The summed E-state index contributed by atoms with van der Waals surface area (Å²) in [5.74, 6) is 1.14. The summed E-state index contributed by atoms with van der Waals surface area (Å²) in [4.78, 5) is 0. The summed E-state index contributed by atoms with van der Waals surface area (Å²) in [7, 11) is 1.67. The zero-order valence-corrected chi connectivity index (χ0v) is 11.8. The van der Waals surface area contributed by atoms with Gasteiger partial charge in [-0.25, -0.2) is 0 Å². The van der Waals surface area contributed by atoms with Crippen LogP contribution in [0, 0.1) is 11.8 Å². The molecule has 0 aliphatic carbocycles. The molecule has 0 saturated carbocycles. The van der Waals surface area contributed by atoms with Crippen molar-refractivity contribution in [1.29, 1.82) is 0 Å². The normalized spacial score (nSPS) is 15.2. The molecule has 0 heterocycles. The Morgan fingerprint density at radius 2 is 1.41 bits per heavy atom. The zero-order valence-electron chi connectivity index (χ0n) is 11.8. The van der Waals surface area contributed by atoms with Crippen LogP contribution in [0.25, 0.3) is 0 Å². The van der Waals surface area contributed by atoms with Gasteiger partial charge in [-0.05, 0) is 25.2 Å². The highest BCUT2D eigenvalue weighted by molar-refractivity contribution is 4.71. The largest absolute Gasteiger partial charge is 0.382 e. The van der Waals surface area contributed by atoms with Crippen molar-refractivity contribution in [3.05, 3.63) is 0 Å². The van der Waals surface area contributed by atoms with Crippen LogP contribution in [0.15, 0.2) is 0 Å². The van der Waals surface area contributed by atoms with Crippen LogP contribution >= 0.6 is 0 Å². The maximum Gasteiger partial charge on any atom is 0.0701 e. The van der Waals surface area contributed by atoms with Crippen LogP contribution in [-0.2, 0) is 14.2 Å². The smallest absolute Gasteiger partial charge is 0.0701 e. The van der Waals surface area contributed by atoms with Crippen LogP contribution in [0.4, 0.5) is 0 Å². The van der Waals surface area contributed by atoms with Gasteiger partial charge < -0.3 is 19.9 Å². The highest BCUT2D eigenvalue weighted by atomic mass is 16.5. The molecule has 0 bridgehead atoms. The standard InChI is InChI=1S/C13H29NO3/c1-11(2)13(12(3)14)5-6-16-9-10-17-8-7-15-4/h11-13H,5-10,14H2,1-4H3. The van der Waals surface area contributed by atoms with Gasteiger partial charge in [0.05, 0.1) is 26.4 Å². The third-order valence-corrected chi connectivity index (χ3v) is 2.93. The molecule has 104 valence electrons. The maximum atomic E-state index is 5.94. The van der Waals surface area contributed by atoms with Crippen molar-refractivity contribution in [2.24, 2.45) is 17.6 Å². The summed E-state index contributed by atoms with van der Waals surface area (Å²) in [6.45, 7) is 9.80. The first-order valence-corrected chi connectivity index (χ1v) is 6.49. The van der Waals surface area contributed by atoms with Crippen molar-refractivity contribution in [1.82, 2.24) is 0 Å². The number of methoxy groups -OCH3 is 1. The van der Waals surface area contributed by atoms with Gasteiger partial charge in [0, 0.05) is 19.8 Å². The molecule has 2 atom stereocenters. The van der Waals surface area contributed by atoms with E-state index in [9.17, 15) is 0 Å². The summed E-state index contributed by atoms with van der Waals surface area (Å²) >= 11 is 0. The lowest BCUT2D eigenvalue weighted by molar-refractivity contribution is 0.0199. The molecular weight excluding hydrogens is 218 g/mol. The SMILES string of the molecule is COCCOCCOCCC(C(C)C)C(C)N. The molecule has 0 rings (SSSR count). The van der Waals surface area contributed by atoms with Crippen LogP contribution in [0.5, 0.6) is 0 Å². The fourth-order valence-corrected chi connectivity index (χ4v) is 1.89. The molecular formula is C13H29NO3. The second kappa shape index (κ2) is 11.0. The molecule has 0 amide bonds. The van der Waals surface area contributed by atoms with Crippen LogP contribution in [-0.4, -0.2) is 46.2 Å². The van der Waals surface area contributed by atoms with E-state index in [0.717, 1.165) is 13.0 Å². The van der Waals surface area contributed by atoms with Crippen LogP contribution in [0.3, 0.4) is 0 Å². The van der Waals surface area contributed by atoms with Gasteiger partial charge in [0.2, 0.25) is 0 Å². The lowest BCUT2D eigenvalue weighted by Crippen LogP contribution is -2.31. The second-order valence-electron chi connectivity index (χ2n) is 4.77.